The Balaban J connectivity index is 1.58. The molecule has 0 heterocycles. The first-order chi connectivity index (χ1) is 15.7. The lowest BCUT2D eigenvalue weighted by Gasteiger charge is -2.71. The topological polar surface area (TPSA) is 40.5 Å². The summed E-state index contributed by atoms with van der Waals surface area (Å²) >= 11 is 0. The highest BCUT2D eigenvalue weighted by molar-refractivity contribution is 5.99. The minimum Gasteiger partial charge on any atom is -0.381 e. The van der Waals surface area contributed by atoms with Crippen LogP contribution >= 0.6 is 0 Å². The van der Waals surface area contributed by atoms with Gasteiger partial charge in [0.2, 0.25) is 0 Å². The molecule has 188 valence electrons. The summed E-state index contributed by atoms with van der Waals surface area (Å²) in [6.45, 7) is 15.9. The summed E-state index contributed by atoms with van der Waals surface area (Å²) < 4.78 is 0. The average molecular weight is 466 g/mol. The molecule has 0 aromatic rings. The van der Waals surface area contributed by atoms with Gasteiger partial charge in [0.05, 0.1) is 0 Å². The maximum atomic E-state index is 12.7. The van der Waals surface area contributed by atoms with E-state index < -0.39 is 6.10 Å². The van der Waals surface area contributed by atoms with E-state index >= 15 is 0 Å². The molecule has 3 heteroatoms. The van der Waals surface area contributed by atoms with Crippen molar-refractivity contribution in [2.24, 2.45) is 38.9 Å². The fourth-order valence-electron chi connectivity index (χ4n) is 9.87. The second-order valence-corrected chi connectivity index (χ2v) is 14.5. The highest BCUT2D eigenvalue weighted by atomic mass is 16.3. The van der Waals surface area contributed by atoms with Crippen molar-refractivity contribution in [3.05, 3.63) is 34.9 Å². The number of hydrogen-bond donors (Lipinski definition) is 1. The SMILES string of the molecule is CC1=C2C=CC3[C@@](C)(CC[C@@]4(C)[C@@H]5C[C@](C)(CN(C)C)CC[C@]5(C)CC[C@@]34C)C2=CC(=O)C1O. The third-order valence-corrected chi connectivity index (χ3v) is 12.1. The minimum atomic E-state index is -0.972. The predicted octanol–water partition coefficient (Wildman–Crippen LogP) is 6.34. The van der Waals surface area contributed by atoms with Gasteiger partial charge in [-0.05, 0) is 122 Å². The van der Waals surface area contributed by atoms with Crippen molar-refractivity contribution >= 4 is 5.78 Å². The van der Waals surface area contributed by atoms with E-state index in [0.29, 0.717) is 16.7 Å². The molecule has 1 N–H and O–H groups in total. The van der Waals surface area contributed by atoms with E-state index in [0.717, 1.165) is 23.5 Å². The van der Waals surface area contributed by atoms with E-state index in [1.165, 1.54) is 50.6 Å². The van der Waals surface area contributed by atoms with Gasteiger partial charge < -0.3 is 10.0 Å². The van der Waals surface area contributed by atoms with Crippen LogP contribution in [0.1, 0.15) is 86.5 Å². The van der Waals surface area contributed by atoms with Crippen molar-refractivity contribution in [3.8, 4) is 0 Å². The van der Waals surface area contributed by atoms with E-state index in [1.807, 2.05) is 6.92 Å². The van der Waals surface area contributed by atoms with Gasteiger partial charge in [0, 0.05) is 12.0 Å². The van der Waals surface area contributed by atoms with E-state index in [2.05, 4.69) is 65.8 Å². The number of carbonyl (C=O) groups is 1. The lowest BCUT2D eigenvalue weighted by atomic mass is 9.33. The Morgan fingerprint density at radius 3 is 2.29 bits per heavy atom. The number of nitrogens with zero attached hydrogens (tertiary/aromatic N) is 1. The molecule has 0 aliphatic heterocycles. The van der Waals surface area contributed by atoms with Gasteiger partial charge in [-0.2, -0.15) is 0 Å². The molecule has 3 saturated carbocycles. The Morgan fingerprint density at radius 1 is 0.971 bits per heavy atom. The molecule has 0 radical (unpaired) electrons. The van der Waals surface area contributed by atoms with Crippen LogP contribution in [0.3, 0.4) is 0 Å². The average Bonchev–Trinajstić information content (AvgIpc) is 2.75. The Hall–Kier alpha value is -1.19. The Morgan fingerprint density at radius 2 is 1.62 bits per heavy atom. The molecule has 0 saturated heterocycles. The van der Waals surface area contributed by atoms with Crippen LogP contribution in [0.5, 0.6) is 0 Å². The summed E-state index contributed by atoms with van der Waals surface area (Å²) in [7, 11) is 4.46. The Bertz CT molecular complexity index is 1000. The fraction of sp³-hybridized carbons (Fsp3) is 0.774. The number of ketones is 1. The van der Waals surface area contributed by atoms with Crippen molar-refractivity contribution < 1.29 is 9.90 Å². The normalized spacial score (nSPS) is 50.4. The van der Waals surface area contributed by atoms with E-state index in [4.69, 9.17) is 0 Å². The Labute approximate surface area is 207 Å². The van der Waals surface area contributed by atoms with E-state index in [-0.39, 0.29) is 22.0 Å². The molecule has 0 bridgehead atoms. The van der Waals surface area contributed by atoms with Gasteiger partial charge >= 0.3 is 0 Å². The molecular formula is C31H47NO2. The van der Waals surface area contributed by atoms with E-state index in [9.17, 15) is 9.90 Å². The number of aliphatic hydroxyl groups excluding tert-OH is 1. The number of carbonyl (C=O) groups excluding carboxylic acids is 1. The van der Waals surface area contributed by atoms with Crippen molar-refractivity contribution in [1.82, 2.24) is 4.90 Å². The van der Waals surface area contributed by atoms with Gasteiger partial charge in [0.25, 0.3) is 0 Å². The zero-order valence-corrected chi connectivity index (χ0v) is 22.9. The van der Waals surface area contributed by atoms with Gasteiger partial charge in [-0.25, -0.2) is 0 Å². The third-order valence-electron chi connectivity index (χ3n) is 12.1. The second kappa shape index (κ2) is 7.42. The van der Waals surface area contributed by atoms with Crippen molar-refractivity contribution in [2.75, 3.05) is 20.6 Å². The first-order valence-corrected chi connectivity index (χ1v) is 13.7. The van der Waals surface area contributed by atoms with Gasteiger partial charge in [0.1, 0.15) is 6.10 Å². The largest absolute Gasteiger partial charge is 0.381 e. The molecule has 8 atom stereocenters. The first kappa shape index (κ1) is 24.5. The smallest absolute Gasteiger partial charge is 0.188 e. The molecule has 0 aromatic heterocycles. The number of fused-ring (bicyclic) bond motifs is 7. The molecule has 34 heavy (non-hydrogen) atoms. The van der Waals surface area contributed by atoms with Gasteiger partial charge in [0.15, 0.2) is 5.78 Å². The summed E-state index contributed by atoms with van der Waals surface area (Å²) in [5.74, 6) is 1.03. The highest BCUT2D eigenvalue weighted by Gasteiger charge is 2.68. The number of hydrogen-bond acceptors (Lipinski definition) is 3. The third kappa shape index (κ3) is 3.11. The molecule has 3 fully saturated rings. The van der Waals surface area contributed by atoms with Crippen molar-refractivity contribution in [1.29, 1.82) is 0 Å². The zero-order valence-electron chi connectivity index (χ0n) is 22.9. The first-order valence-electron chi connectivity index (χ1n) is 13.7. The van der Waals surface area contributed by atoms with Crippen LogP contribution in [0.15, 0.2) is 34.9 Å². The molecule has 0 aromatic carbocycles. The number of allylic oxidation sites excluding steroid dienone is 4. The molecule has 5 rings (SSSR count). The standard InChI is InChI=1S/C31H47NO2/c1-20-21-9-10-24-29(4,22(21)17-23(33)26(20)34)14-16-31(6)25-18-27(2,19-32(7)8)11-12-28(25,3)13-15-30(24,31)5/h9-10,17,24-26,34H,11-16,18-19H2,1-8H3/t24?,25-,26?,27-,28-,29+,30+,31+/m1/s1. The summed E-state index contributed by atoms with van der Waals surface area (Å²) in [6.07, 6.45) is 14.5. The van der Waals surface area contributed by atoms with E-state index in [1.54, 1.807) is 6.08 Å². The maximum Gasteiger partial charge on any atom is 0.188 e. The number of rotatable bonds is 2. The lowest BCUT2D eigenvalue weighted by Crippen LogP contribution is -2.64. The molecule has 2 unspecified atom stereocenters. The molecule has 0 spiro atoms. The fourth-order valence-corrected chi connectivity index (χ4v) is 9.87. The molecular weight excluding hydrogens is 418 g/mol. The molecule has 5 aliphatic carbocycles. The van der Waals surface area contributed by atoms with Gasteiger partial charge in [-0.15, -0.1) is 0 Å². The Kier molecular flexibility index (Phi) is 5.34. The number of aliphatic hydroxyl groups is 1. The van der Waals surface area contributed by atoms with Crippen LogP contribution in [0.2, 0.25) is 0 Å². The predicted molar refractivity (Wildman–Crippen MR) is 139 cm³/mol. The van der Waals surface area contributed by atoms with Crippen molar-refractivity contribution in [2.45, 2.75) is 92.6 Å². The molecule has 3 nitrogen and oxygen atoms in total. The quantitative estimate of drug-likeness (QED) is 0.517. The minimum absolute atomic E-state index is 0.0370. The van der Waals surface area contributed by atoms with Crippen LogP contribution < -0.4 is 0 Å². The lowest BCUT2D eigenvalue weighted by molar-refractivity contribution is -0.206. The summed E-state index contributed by atoms with van der Waals surface area (Å²) in [6, 6.07) is 0. The van der Waals surface area contributed by atoms with Gasteiger partial charge in [-0.1, -0.05) is 46.8 Å². The molecule has 0 amide bonds. The summed E-state index contributed by atoms with van der Waals surface area (Å²) in [5, 5.41) is 10.4. The zero-order chi connectivity index (χ0) is 24.9. The summed E-state index contributed by atoms with van der Waals surface area (Å²) in [4.78, 5) is 15.1. The van der Waals surface area contributed by atoms with Crippen LogP contribution in [-0.2, 0) is 4.79 Å². The maximum absolute atomic E-state index is 12.7. The highest BCUT2D eigenvalue weighted by Crippen LogP contribution is 2.75. The van der Waals surface area contributed by atoms with Crippen LogP contribution in [0, 0.1) is 38.9 Å². The van der Waals surface area contributed by atoms with Crippen LogP contribution in [0.4, 0.5) is 0 Å². The monoisotopic (exact) mass is 465 g/mol. The van der Waals surface area contributed by atoms with Crippen LogP contribution in [0.25, 0.3) is 0 Å². The van der Waals surface area contributed by atoms with Crippen LogP contribution in [-0.4, -0.2) is 42.5 Å². The molecule has 5 aliphatic rings. The van der Waals surface area contributed by atoms with Crippen molar-refractivity contribution in [3.63, 3.8) is 0 Å². The second-order valence-electron chi connectivity index (χ2n) is 14.5. The van der Waals surface area contributed by atoms with Gasteiger partial charge in [-0.3, -0.25) is 4.79 Å². The summed E-state index contributed by atoms with van der Waals surface area (Å²) in [5.41, 5.74) is 4.44.